The molecule has 0 heterocycles. The molecule has 0 aliphatic rings. The third-order valence-electron chi connectivity index (χ3n) is 1.42. The van der Waals surface area contributed by atoms with Gasteiger partial charge in [0, 0.05) is 5.88 Å². The molecular formula is C9H9ClO. The van der Waals surface area contributed by atoms with Crippen LogP contribution in [-0.4, -0.2) is 11.0 Å². The van der Waals surface area contributed by atoms with Crippen LogP contribution in [0.1, 0.15) is 5.56 Å². The highest BCUT2D eigenvalue weighted by atomic mass is 35.5. The summed E-state index contributed by atoms with van der Waals surface area (Å²) in [5.41, 5.74) is 1.71. The maximum Gasteiger partial charge on any atom is 0.116 e. The van der Waals surface area contributed by atoms with Crippen LogP contribution in [0.2, 0.25) is 0 Å². The summed E-state index contributed by atoms with van der Waals surface area (Å²) in [6.45, 7) is 3.74. The van der Waals surface area contributed by atoms with Crippen LogP contribution in [0.5, 0.6) is 5.75 Å². The van der Waals surface area contributed by atoms with E-state index in [1.54, 1.807) is 18.2 Å². The average Bonchev–Trinajstić information content (AvgIpc) is 2.03. The van der Waals surface area contributed by atoms with Gasteiger partial charge in [0.05, 0.1) is 0 Å². The molecule has 0 spiro atoms. The molecule has 2 heteroatoms. The fourth-order valence-electron chi connectivity index (χ4n) is 0.803. The monoisotopic (exact) mass is 168 g/mol. The Kier molecular flexibility index (Phi) is 2.55. The van der Waals surface area contributed by atoms with Crippen LogP contribution in [0, 0.1) is 0 Å². The van der Waals surface area contributed by atoms with Crippen LogP contribution in [-0.2, 0) is 0 Å². The minimum absolute atomic E-state index is 0.244. The Morgan fingerprint density at radius 1 is 1.55 bits per heavy atom. The zero-order chi connectivity index (χ0) is 8.27. The molecular weight excluding hydrogens is 160 g/mol. The van der Waals surface area contributed by atoms with E-state index in [-0.39, 0.29) is 5.75 Å². The van der Waals surface area contributed by atoms with Crippen LogP contribution < -0.4 is 0 Å². The van der Waals surface area contributed by atoms with Gasteiger partial charge < -0.3 is 5.11 Å². The number of rotatable bonds is 2. The molecule has 0 fully saturated rings. The van der Waals surface area contributed by atoms with Gasteiger partial charge >= 0.3 is 0 Å². The predicted octanol–water partition coefficient (Wildman–Crippen LogP) is 2.64. The Morgan fingerprint density at radius 3 is 2.82 bits per heavy atom. The number of hydrogen-bond acceptors (Lipinski definition) is 1. The number of phenolic OH excluding ortho intramolecular Hbond substituents is 1. The van der Waals surface area contributed by atoms with Gasteiger partial charge in [0.1, 0.15) is 5.75 Å². The van der Waals surface area contributed by atoms with E-state index in [1.807, 2.05) is 6.07 Å². The first-order valence-electron chi connectivity index (χ1n) is 3.27. The van der Waals surface area contributed by atoms with Crippen molar-refractivity contribution in [3.63, 3.8) is 0 Å². The number of benzene rings is 1. The zero-order valence-electron chi connectivity index (χ0n) is 6.05. The molecule has 1 rings (SSSR count). The molecule has 11 heavy (non-hydrogen) atoms. The Bertz CT molecular complexity index is 268. The van der Waals surface area contributed by atoms with Crippen molar-refractivity contribution < 1.29 is 5.11 Å². The maximum absolute atomic E-state index is 9.07. The average molecular weight is 169 g/mol. The molecule has 0 unspecified atom stereocenters. The minimum Gasteiger partial charge on any atom is -0.508 e. The zero-order valence-corrected chi connectivity index (χ0v) is 6.80. The molecule has 0 atom stereocenters. The quantitative estimate of drug-likeness (QED) is 0.674. The summed E-state index contributed by atoms with van der Waals surface area (Å²) in [6, 6.07) is 6.89. The van der Waals surface area contributed by atoms with Crippen molar-refractivity contribution in [2.24, 2.45) is 0 Å². The number of hydrogen-bond donors (Lipinski definition) is 1. The molecule has 0 saturated carbocycles. The number of aromatic hydroxyl groups is 1. The second-order valence-electron chi connectivity index (χ2n) is 2.29. The highest BCUT2D eigenvalue weighted by Gasteiger charge is 1.96. The van der Waals surface area contributed by atoms with E-state index in [9.17, 15) is 0 Å². The summed E-state index contributed by atoms with van der Waals surface area (Å²) < 4.78 is 0. The lowest BCUT2D eigenvalue weighted by atomic mass is 10.1. The number of phenols is 1. The lowest BCUT2D eigenvalue weighted by Crippen LogP contribution is -1.82. The van der Waals surface area contributed by atoms with Crippen LogP contribution in [0.25, 0.3) is 5.57 Å². The highest BCUT2D eigenvalue weighted by molar-refractivity contribution is 6.23. The van der Waals surface area contributed by atoms with E-state index < -0.39 is 0 Å². The first-order valence-corrected chi connectivity index (χ1v) is 3.80. The molecule has 0 amide bonds. The molecule has 1 aromatic rings. The van der Waals surface area contributed by atoms with E-state index in [0.717, 1.165) is 11.1 Å². The normalized spacial score (nSPS) is 9.55. The number of halogens is 1. The largest absolute Gasteiger partial charge is 0.508 e. The summed E-state index contributed by atoms with van der Waals surface area (Å²) in [6.07, 6.45) is 0. The fraction of sp³-hybridized carbons (Fsp3) is 0.111. The van der Waals surface area contributed by atoms with Gasteiger partial charge in [-0.05, 0) is 23.3 Å². The van der Waals surface area contributed by atoms with Crippen LogP contribution >= 0.6 is 11.6 Å². The standard InChI is InChI=1S/C9H9ClO/c1-7(6-10)8-3-2-4-9(11)5-8/h2-5,11H,1,6H2. The third kappa shape index (κ3) is 1.99. The summed E-state index contributed by atoms with van der Waals surface area (Å²) in [5.74, 6) is 0.637. The van der Waals surface area contributed by atoms with E-state index in [2.05, 4.69) is 6.58 Å². The molecule has 0 aliphatic carbocycles. The van der Waals surface area contributed by atoms with Crippen molar-refractivity contribution in [3.05, 3.63) is 36.4 Å². The van der Waals surface area contributed by atoms with E-state index in [1.165, 1.54) is 0 Å². The lowest BCUT2D eigenvalue weighted by Gasteiger charge is -2.00. The maximum atomic E-state index is 9.07. The first kappa shape index (κ1) is 8.15. The second-order valence-corrected chi connectivity index (χ2v) is 2.55. The van der Waals surface area contributed by atoms with Crippen molar-refractivity contribution >= 4 is 17.2 Å². The van der Waals surface area contributed by atoms with Gasteiger partial charge in [0.2, 0.25) is 0 Å². The van der Waals surface area contributed by atoms with Gasteiger partial charge in [-0.2, -0.15) is 0 Å². The SMILES string of the molecule is C=C(CCl)c1cccc(O)c1. The Labute approximate surface area is 70.9 Å². The third-order valence-corrected chi connectivity index (χ3v) is 1.74. The van der Waals surface area contributed by atoms with Gasteiger partial charge in [0.15, 0.2) is 0 Å². The minimum atomic E-state index is 0.244. The molecule has 0 saturated heterocycles. The molecule has 0 radical (unpaired) electrons. The van der Waals surface area contributed by atoms with Crippen molar-refractivity contribution in [2.75, 3.05) is 5.88 Å². The number of allylic oxidation sites excluding steroid dienone is 1. The van der Waals surface area contributed by atoms with Gasteiger partial charge in [-0.15, -0.1) is 11.6 Å². The van der Waals surface area contributed by atoms with Crippen LogP contribution in [0.4, 0.5) is 0 Å². The summed E-state index contributed by atoms with van der Waals surface area (Å²) >= 11 is 5.56. The molecule has 0 bridgehead atoms. The highest BCUT2D eigenvalue weighted by Crippen LogP contribution is 2.18. The van der Waals surface area contributed by atoms with Gasteiger partial charge in [-0.3, -0.25) is 0 Å². The van der Waals surface area contributed by atoms with Gasteiger partial charge in [-0.25, -0.2) is 0 Å². The van der Waals surface area contributed by atoms with Crippen molar-refractivity contribution in [1.29, 1.82) is 0 Å². The van der Waals surface area contributed by atoms with E-state index in [4.69, 9.17) is 16.7 Å². The number of alkyl halides is 1. The Morgan fingerprint density at radius 2 is 2.27 bits per heavy atom. The first-order chi connectivity index (χ1) is 5.24. The summed E-state index contributed by atoms with van der Waals surface area (Å²) in [4.78, 5) is 0. The van der Waals surface area contributed by atoms with Crippen molar-refractivity contribution in [1.82, 2.24) is 0 Å². The van der Waals surface area contributed by atoms with Gasteiger partial charge in [-0.1, -0.05) is 18.7 Å². The van der Waals surface area contributed by atoms with Crippen molar-refractivity contribution in [3.8, 4) is 5.75 Å². The summed E-state index contributed by atoms with van der Waals surface area (Å²) in [5, 5.41) is 9.07. The molecule has 1 aromatic carbocycles. The van der Waals surface area contributed by atoms with E-state index in [0.29, 0.717) is 5.88 Å². The Hall–Kier alpha value is -0.950. The van der Waals surface area contributed by atoms with Crippen LogP contribution in [0.15, 0.2) is 30.8 Å². The molecule has 1 N–H and O–H groups in total. The van der Waals surface area contributed by atoms with E-state index >= 15 is 0 Å². The molecule has 58 valence electrons. The van der Waals surface area contributed by atoms with Crippen molar-refractivity contribution in [2.45, 2.75) is 0 Å². The predicted molar refractivity (Wildman–Crippen MR) is 47.9 cm³/mol. The Balaban J connectivity index is 2.96. The van der Waals surface area contributed by atoms with Gasteiger partial charge in [0.25, 0.3) is 0 Å². The smallest absolute Gasteiger partial charge is 0.116 e. The fourth-order valence-corrected chi connectivity index (χ4v) is 0.957. The summed E-state index contributed by atoms with van der Waals surface area (Å²) in [7, 11) is 0. The molecule has 0 aliphatic heterocycles. The topological polar surface area (TPSA) is 20.2 Å². The lowest BCUT2D eigenvalue weighted by molar-refractivity contribution is 0.475. The second kappa shape index (κ2) is 3.44. The molecule has 0 aromatic heterocycles. The van der Waals surface area contributed by atoms with Crippen LogP contribution in [0.3, 0.4) is 0 Å². The molecule has 1 nitrogen and oxygen atoms in total.